The zero-order chi connectivity index (χ0) is 12.6. The van der Waals surface area contributed by atoms with Crippen molar-refractivity contribution in [2.75, 3.05) is 26.7 Å². The minimum Gasteiger partial charge on any atom is -0.481 e. The van der Waals surface area contributed by atoms with Crippen LogP contribution in [0, 0.1) is 5.92 Å². The predicted molar refractivity (Wildman–Crippen MR) is 55.2 cm³/mol. The van der Waals surface area contributed by atoms with Gasteiger partial charge < -0.3 is 19.6 Å². The second kappa shape index (κ2) is 4.23. The number of carbonyl (C=O) groups excluding carboxylic acids is 2. The molecule has 0 radical (unpaired) electrons. The number of carbonyl (C=O) groups is 3. The van der Waals surface area contributed by atoms with Gasteiger partial charge in [0.2, 0.25) is 0 Å². The van der Waals surface area contributed by atoms with Gasteiger partial charge in [0.25, 0.3) is 0 Å². The second-order valence-corrected chi connectivity index (χ2v) is 4.24. The van der Waals surface area contributed by atoms with E-state index in [1.165, 1.54) is 16.9 Å². The maximum atomic E-state index is 11.9. The lowest BCUT2D eigenvalue weighted by Gasteiger charge is -2.16. The molecule has 2 fully saturated rings. The average molecular weight is 242 g/mol. The fraction of sp³-hybridized carbons (Fsp3) is 0.700. The number of amides is 2. The quantitative estimate of drug-likeness (QED) is 0.514. The van der Waals surface area contributed by atoms with Crippen LogP contribution >= 0.6 is 0 Å². The van der Waals surface area contributed by atoms with Crippen LogP contribution in [-0.4, -0.2) is 65.7 Å². The minimum atomic E-state index is -0.879. The lowest BCUT2D eigenvalue weighted by Crippen LogP contribution is -2.35. The van der Waals surface area contributed by atoms with Crippen LogP contribution in [0.25, 0.3) is 0 Å². The summed E-state index contributed by atoms with van der Waals surface area (Å²) in [6.45, 7) is 1.01. The van der Waals surface area contributed by atoms with Gasteiger partial charge in [-0.3, -0.25) is 4.79 Å². The molecular formula is C10H14N2O5. The van der Waals surface area contributed by atoms with Gasteiger partial charge in [0.15, 0.2) is 0 Å². The van der Waals surface area contributed by atoms with E-state index < -0.39 is 23.9 Å². The van der Waals surface area contributed by atoms with Gasteiger partial charge >= 0.3 is 18.0 Å². The predicted octanol–water partition coefficient (Wildman–Crippen LogP) is -0.630. The summed E-state index contributed by atoms with van der Waals surface area (Å²) in [4.78, 5) is 36.6. The molecule has 0 aliphatic carbocycles. The highest BCUT2D eigenvalue weighted by molar-refractivity contribution is 5.89. The van der Waals surface area contributed by atoms with E-state index in [4.69, 9.17) is 5.11 Å². The smallest absolute Gasteiger partial charge is 0.330 e. The molecule has 2 heterocycles. The van der Waals surface area contributed by atoms with Crippen LogP contribution in [0.5, 0.6) is 0 Å². The molecule has 2 rings (SSSR count). The number of ether oxygens (including phenoxy) is 1. The first-order valence-corrected chi connectivity index (χ1v) is 5.40. The van der Waals surface area contributed by atoms with Crippen molar-refractivity contribution < 1.29 is 24.2 Å². The monoisotopic (exact) mass is 242 g/mol. The van der Waals surface area contributed by atoms with Gasteiger partial charge in [-0.05, 0) is 6.42 Å². The van der Waals surface area contributed by atoms with E-state index in [-0.39, 0.29) is 12.6 Å². The number of aliphatic carboxylic acids is 1. The molecule has 0 saturated carbocycles. The van der Waals surface area contributed by atoms with Crippen LogP contribution in [-0.2, 0) is 14.3 Å². The Morgan fingerprint density at radius 1 is 1.29 bits per heavy atom. The zero-order valence-corrected chi connectivity index (χ0v) is 9.46. The van der Waals surface area contributed by atoms with Crippen LogP contribution in [0.2, 0.25) is 0 Å². The van der Waals surface area contributed by atoms with Gasteiger partial charge in [0.1, 0.15) is 6.04 Å². The lowest BCUT2D eigenvalue weighted by molar-refractivity contribution is -0.142. The minimum absolute atomic E-state index is 0.221. The third kappa shape index (κ3) is 2.17. The molecule has 0 unspecified atom stereocenters. The van der Waals surface area contributed by atoms with Crippen molar-refractivity contribution in [3.63, 3.8) is 0 Å². The molecule has 2 saturated heterocycles. The number of hydrogen-bond acceptors (Lipinski definition) is 4. The molecule has 7 heteroatoms. The summed E-state index contributed by atoms with van der Waals surface area (Å²) in [5.41, 5.74) is 0. The van der Waals surface area contributed by atoms with Crippen LogP contribution < -0.4 is 0 Å². The molecule has 0 spiro atoms. The van der Waals surface area contributed by atoms with E-state index in [0.717, 1.165) is 0 Å². The van der Waals surface area contributed by atoms with Crippen molar-refractivity contribution in [1.29, 1.82) is 0 Å². The Morgan fingerprint density at radius 2 is 2.00 bits per heavy atom. The molecule has 2 amide bonds. The van der Waals surface area contributed by atoms with Crippen LogP contribution in [0.15, 0.2) is 0 Å². The number of likely N-dealkylation sites (tertiary alicyclic amines) is 1. The van der Waals surface area contributed by atoms with Crippen LogP contribution in [0.4, 0.5) is 4.79 Å². The third-order valence-electron chi connectivity index (χ3n) is 3.14. The van der Waals surface area contributed by atoms with Crippen molar-refractivity contribution in [2.45, 2.75) is 12.5 Å². The molecule has 2 aliphatic rings. The molecule has 2 atom stereocenters. The topological polar surface area (TPSA) is 86.9 Å². The highest BCUT2D eigenvalue weighted by Gasteiger charge is 2.48. The highest BCUT2D eigenvalue weighted by atomic mass is 16.5. The van der Waals surface area contributed by atoms with Gasteiger partial charge in [-0.2, -0.15) is 0 Å². The Balaban J connectivity index is 1.87. The van der Waals surface area contributed by atoms with Gasteiger partial charge in [0.05, 0.1) is 19.6 Å². The first-order valence-electron chi connectivity index (χ1n) is 5.40. The molecule has 0 bridgehead atoms. The van der Waals surface area contributed by atoms with E-state index in [0.29, 0.717) is 19.5 Å². The van der Waals surface area contributed by atoms with E-state index in [1.54, 1.807) is 0 Å². The van der Waals surface area contributed by atoms with Crippen LogP contribution in [0.3, 0.4) is 0 Å². The van der Waals surface area contributed by atoms with Crippen molar-refractivity contribution in [3.8, 4) is 0 Å². The molecule has 17 heavy (non-hydrogen) atoms. The molecule has 1 N–H and O–H groups in total. The molecular weight excluding hydrogens is 228 g/mol. The van der Waals surface area contributed by atoms with Crippen molar-refractivity contribution in [1.82, 2.24) is 9.80 Å². The highest BCUT2D eigenvalue weighted by Crippen LogP contribution is 2.25. The Kier molecular flexibility index (Phi) is 2.91. The first-order chi connectivity index (χ1) is 8.04. The van der Waals surface area contributed by atoms with Crippen LogP contribution in [0.1, 0.15) is 6.42 Å². The Morgan fingerprint density at radius 3 is 2.53 bits per heavy atom. The number of hydrogen-bond donors (Lipinski definition) is 1. The van der Waals surface area contributed by atoms with E-state index in [1.807, 2.05) is 0 Å². The fourth-order valence-corrected chi connectivity index (χ4v) is 2.01. The van der Waals surface area contributed by atoms with Crippen molar-refractivity contribution in [2.24, 2.45) is 5.92 Å². The normalized spacial score (nSPS) is 26.9. The van der Waals surface area contributed by atoms with Gasteiger partial charge in [-0.1, -0.05) is 0 Å². The lowest BCUT2D eigenvalue weighted by atomic mass is 10.1. The largest absolute Gasteiger partial charge is 0.481 e. The summed E-state index contributed by atoms with van der Waals surface area (Å²) in [5, 5.41) is 8.82. The summed E-state index contributed by atoms with van der Waals surface area (Å²) in [6, 6.07) is -0.763. The average Bonchev–Trinajstić information content (AvgIpc) is 2.95. The number of carboxylic acid groups (broad SMARTS) is 1. The summed E-state index contributed by atoms with van der Waals surface area (Å²) in [6.07, 6.45) is 0.470. The Hall–Kier alpha value is -1.79. The SMILES string of the molecule is COC(=O)[C@@H]1CN1C(=O)N1CC[C@H](C(=O)O)C1. The van der Waals surface area contributed by atoms with E-state index >= 15 is 0 Å². The summed E-state index contributed by atoms with van der Waals surface area (Å²) < 4.78 is 4.53. The summed E-state index contributed by atoms with van der Waals surface area (Å²) in [5.74, 6) is -1.79. The number of rotatable bonds is 2. The van der Waals surface area contributed by atoms with Crippen molar-refractivity contribution in [3.05, 3.63) is 0 Å². The fourth-order valence-electron chi connectivity index (χ4n) is 2.01. The molecule has 7 nitrogen and oxygen atoms in total. The van der Waals surface area contributed by atoms with Gasteiger partial charge in [-0.15, -0.1) is 0 Å². The Labute approximate surface area is 97.9 Å². The summed E-state index contributed by atoms with van der Waals surface area (Å²) >= 11 is 0. The maximum Gasteiger partial charge on any atom is 0.330 e. The number of carboxylic acids is 1. The van der Waals surface area contributed by atoms with E-state index in [9.17, 15) is 14.4 Å². The standard InChI is InChI=1S/C10H14N2O5/c1-17-9(15)7-5-12(7)10(16)11-3-2-6(4-11)8(13)14/h6-7H,2-5H2,1H3,(H,13,14)/t6-,7-,12?/m0/s1. The number of esters is 1. The van der Waals surface area contributed by atoms with Crippen molar-refractivity contribution >= 4 is 18.0 Å². The number of nitrogens with zero attached hydrogens (tertiary/aromatic N) is 2. The number of urea groups is 1. The molecule has 0 aromatic carbocycles. The molecule has 94 valence electrons. The second-order valence-electron chi connectivity index (χ2n) is 4.24. The third-order valence-corrected chi connectivity index (χ3v) is 3.14. The molecule has 2 aliphatic heterocycles. The van der Waals surface area contributed by atoms with Gasteiger partial charge in [0, 0.05) is 13.1 Å². The van der Waals surface area contributed by atoms with E-state index in [2.05, 4.69) is 4.74 Å². The first kappa shape index (κ1) is 11.7. The van der Waals surface area contributed by atoms with Gasteiger partial charge in [-0.25, -0.2) is 9.59 Å². The maximum absolute atomic E-state index is 11.9. The zero-order valence-electron chi connectivity index (χ0n) is 9.46. The molecule has 0 aromatic heterocycles. The number of methoxy groups -OCH3 is 1. The molecule has 0 aromatic rings. The summed E-state index contributed by atoms with van der Waals surface area (Å²) in [7, 11) is 1.28. The Bertz CT molecular complexity index is 370.